The number of carboxylic acids is 1. The Bertz CT molecular complexity index is 1170. The van der Waals surface area contributed by atoms with Crippen LogP contribution in [0.4, 0.5) is 23.4 Å². The van der Waals surface area contributed by atoms with E-state index in [-0.39, 0.29) is 0 Å². The van der Waals surface area contributed by atoms with Crippen molar-refractivity contribution in [3.8, 4) is 5.82 Å². The van der Waals surface area contributed by atoms with Crippen LogP contribution in [0, 0.1) is 23.4 Å². The summed E-state index contributed by atoms with van der Waals surface area (Å²) in [4.78, 5) is 29.9. The van der Waals surface area contributed by atoms with Crippen molar-refractivity contribution in [1.29, 1.82) is 0 Å². The zero-order valence-corrected chi connectivity index (χ0v) is 13.0. The van der Waals surface area contributed by atoms with Crippen molar-refractivity contribution >= 4 is 34.4 Å². The topological polar surface area (TPSA) is 111 Å². The first-order valence-corrected chi connectivity index (χ1v) is 6.96. The molecule has 0 amide bonds. The summed E-state index contributed by atoms with van der Waals surface area (Å²) in [6.45, 7) is 0. The number of anilines is 1. The second-order valence-electron chi connectivity index (χ2n) is 4.94. The van der Waals surface area contributed by atoms with Crippen molar-refractivity contribution < 1.29 is 27.5 Å². The minimum Gasteiger partial charge on any atom is -0.477 e. The molecule has 26 heavy (non-hydrogen) atoms. The third kappa shape index (κ3) is 2.52. The molecule has 0 saturated carbocycles. The number of rotatable bonds is 2. The molecule has 0 saturated heterocycles. The van der Waals surface area contributed by atoms with Crippen molar-refractivity contribution in [2.75, 3.05) is 5.73 Å². The molecule has 0 aliphatic heterocycles. The SMILES string of the molecule is Nc1nc(-n2cc(C(=O)O)c(=O)c3nc(F)c(F)c(Cl)c32)c(F)cc1F. The molecule has 3 aromatic rings. The molecule has 3 heterocycles. The Labute approximate surface area is 145 Å². The van der Waals surface area contributed by atoms with E-state index in [2.05, 4.69) is 9.97 Å². The van der Waals surface area contributed by atoms with Crippen molar-refractivity contribution in [2.45, 2.75) is 0 Å². The van der Waals surface area contributed by atoms with Gasteiger partial charge in [0.1, 0.15) is 16.1 Å². The first-order valence-electron chi connectivity index (χ1n) is 6.58. The van der Waals surface area contributed by atoms with Crippen molar-refractivity contribution in [3.05, 3.63) is 56.5 Å². The lowest BCUT2D eigenvalue weighted by Gasteiger charge is -2.14. The van der Waals surface area contributed by atoms with Gasteiger partial charge in [-0.15, -0.1) is 0 Å². The summed E-state index contributed by atoms with van der Waals surface area (Å²) < 4.78 is 55.3. The van der Waals surface area contributed by atoms with Gasteiger partial charge in [-0.2, -0.15) is 4.39 Å². The number of hydrogen-bond donors (Lipinski definition) is 2. The Morgan fingerprint density at radius 2 is 1.85 bits per heavy atom. The summed E-state index contributed by atoms with van der Waals surface area (Å²) in [7, 11) is 0. The Hall–Kier alpha value is -3.21. The van der Waals surface area contributed by atoms with E-state index < -0.39 is 68.1 Å². The predicted octanol–water partition coefficient (Wildman–Crippen LogP) is 2.27. The number of nitrogen functional groups attached to an aromatic ring is 1. The summed E-state index contributed by atoms with van der Waals surface area (Å²) in [5.74, 6) is -9.30. The van der Waals surface area contributed by atoms with Gasteiger partial charge >= 0.3 is 5.97 Å². The molecular weight excluding hydrogens is 384 g/mol. The minimum absolute atomic E-state index is 0.337. The maximum atomic E-state index is 14.2. The number of halogens is 5. The number of aromatic carboxylic acids is 1. The fourth-order valence-corrected chi connectivity index (χ4v) is 2.47. The lowest BCUT2D eigenvalue weighted by Crippen LogP contribution is -2.21. The Balaban J connectivity index is 2.59. The number of carboxylic acid groups (broad SMARTS) is 1. The summed E-state index contributed by atoms with van der Waals surface area (Å²) in [5.41, 5.74) is 1.45. The van der Waals surface area contributed by atoms with Gasteiger partial charge in [0.2, 0.25) is 5.43 Å². The predicted molar refractivity (Wildman–Crippen MR) is 81.3 cm³/mol. The average molecular weight is 389 g/mol. The highest BCUT2D eigenvalue weighted by Gasteiger charge is 2.25. The van der Waals surface area contributed by atoms with Crippen molar-refractivity contribution in [1.82, 2.24) is 14.5 Å². The van der Waals surface area contributed by atoms with E-state index >= 15 is 0 Å². The summed E-state index contributed by atoms with van der Waals surface area (Å²) in [5, 5.41) is 8.14. The van der Waals surface area contributed by atoms with Crippen LogP contribution >= 0.6 is 11.6 Å². The van der Waals surface area contributed by atoms with E-state index in [4.69, 9.17) is 22.4 Å². The molecule has 0 aromatic carbocycles. The smallest absolute Gasteiger partial charge is 0.341 e. The molecule has 0 bridgehead atoms. The molecule has 0 radical (unpaired) electrons. The molecular formula is C14H5ClF4N4O3. The van der Waals surface area contributed by atoms with Gasteiger partial charge in [0.05, 0.1) is 5.52 Å². The number of fused-ring (bicyclic) bond motifs is 1. The second-order valence-corrected chi connectivity index (χ2v) is 5.31. The molecule has 0 atom stereocenters. The van der Waals surface area contributed by atoms with E-state index in [0.717, 1.165) is 0 Å². The first-order chi connectivity index (χ1) is 12.1. The lowest BCUT2D eigenvalue weighted by molar-refractivity contribution is 0.0695. The van der Waals surface area contributed by atoms with Crippen molar-refractivity contribution in [3.63, 3.8) is 0 Å². The van der Waals surface area contributed by atoms with Crippen LogP contribution in [0.2, 0.25) is 5.02 Å². The molecule has 3 N–H and O–H groups in total. The fraction of sp³-hybridized carbons (Fsp3) is 0. The molecule has 3 rings (SSSR count). The van der Waals surface area contributed by atoms with Crippen LogP contribution in [0.5, 0.6) is 0 Å². The van der Waals surface area contributed by atoms with E-state index in [1.54, 1.807) is 0 Å². The third-order valence-corrected chi connectivity index (χ3v) is 3.72. The molecule has 3 aromatic heterocycles. The number of carbonyl (C=O) groups is 1. The van der Waals surface area contributed by atoms with Gasteiger partial charge < -0.3 is 10.8 Å². The number of aromatic nitrogens is 3. The minimum atomic E-state index is -1.76. The number of pyridine rings is 3. The number of nitrogens with zero attached hydrogens (tertiary/aromatic N) is 3. The van der Waals surface area contributed by atoms with Crippen LogP contribution < -0.4 is 11.2 Å². The molecule has 0 aliphatic carbocycles. The van der Waals surface area contributed by atoms with Crippen LogP contribution in [0.25, 0.3) is 16.9 Å². The van der Waals surface area contributed by atoms with E-state index in [1.807, 2.05) is 0 Å². The van der Waals surface area contributed by atoms with Crippen LogP contribution in [-0.4, -0.2) is 25.6 Å². The van der Waals surface area contributed by atoms with Gasteiger partial charge in [0, 0.05) is 12.3 Å². The van der Waals surface area contributed by atoms with Gasteiger partial charge in [0.25, 0.3) is 5.95 Å². The lowest BCUT2D eigenvalue weighted by atomic mass is 10.2. The molecule has 134 valence electrons. The fourth-order valence-electron chi connectivity index (χ4n) is 2.22. The highest BCUT2D eigenvalue weighted by atomic mass is 35.5. The van der Waals surface area contributed by atoms with E-state index in [1.165, 1.54) is 0 Å². The summed E-state index contributed by atoms with van der Waals surface area (Å²) in [6, 6.07) is 0.337. The van der Waals surface area contributed by atoms with Gasteiger partial charge in [0.15, 0.2) is 29.1 Å². The van der Waals surface area contributed by atoms with Crippen LogP contribution in [-0.2, 0) is 0 Å². The van der Waals surface area contributed by atoms with E-state index in [9.17, 15) is 27.2 Å². The highest BCUT2D eigenvalue weighted by molar-refractivity contribution is 6.35. The Morgan fingerprint density at radius 1 is 1.19 bits per heavy atom. The number of hydrogen-bond acceptors (Lipinski definition) is 5. The van der Waals surface area contributed by atoms with Crippen molar-refractivity contribution in [2.24, 2.45) is 0 Å². The van der Waals surface area contributed by atoms with E-state index in [0.29, 0.717) is 16.8 Å². The summed E-state index contributed by atoms with van der Waals surface area (Å²) in [6.07, 6.45) is 0.570. The van der Waals surface area contributed by atoms with Crippen LogP contribution in [0.3, 0.4) is 0 Å². The standard InChI is InChI=1S/C14H5ClF4N4O3/c15-6-7(18)11(19)21-8-9(6)23(2-3(10(8)24)14(25)26)13-5(17)1-4(16)12(20)22-13/h1-2H,(H2,20,22)(H,25,26). The molecule has 0 fully saturated rings. The largest absolute Gasteiger partial charge is 0.477 e. The van der Waals surface area contributed by atoms with Crippen LogP contribution in [0.1, 0.15) is 10.4 Å². The van der Waals surface area contributed by atoms with Gasteiger partial charge in [-0.05, 0) is 0 Å². The normalized spacial score (nSPS) is 11.1. The van der Waals surface area contributed by atoms with Gasteiger partial charge in [-0.3, -0.25) is 9.36 Å². The Morgan fingerprint density at radius 3 is 2.46 bits per heavy atom. The summed E-state index contributed by atoms with van der Waals surface area (Å²) >= 11 is 5.70. The quantitative estimate of drug-likeness (QED) is 0.514. The third-order valence-electron chi connectivity index (χ3n) is 3.37. The highest BCUT2D eigenvalue weighted by Crippen LogP contribution is 2.28. The second kappa shape index (κ2) is 5.95. The molecule has 7 nitrogen and oxygen atoms in total. The number of nitrogens with two attached hydrogens (primary N) is 1. The van der Waals surface area contributed by atoms with Crippen LogP contribution in [0.15, 0.2) is 17.1 Å². The zero-order chi connectivity index (χ0) is 19.3. The maximum Gasteiger partial charge on any atom is 0.341 e. The van der Waals surface area contributed by atoms with Gasteiger partial charge in [-0.25, -0.2) is 27.9 Å². The molecule has 12 heteroatoms. The maximum absolute atomic E-state index is 14.2. The molecule has 0 aliphatic rings. The molecule has 0 spiro atoms. The van der Waals surface area contributed by atoms with Gasteiger partial charge in [-0.1, -0.05) is 11.6 Å². The first kappa shape index (κ1) is 17.6. The molecule has 0 unspecified atom stereocenters. The zero-order valence-electron chi connectivity index (χ0n) is 12.2. The Kier molecular flexibility index (Phi) is 4.03. The average Bonchev–Trinajstić information content (AvgIpc) is 2.57. The monoisotopic (exact) mass is 388 g/mol.